The second-order valence-electron chi connectivity index (χ2n) is 4.04. The van der Waals surface area contributed by atoms with Crippen LogP contribution in [0.4, 0.5) is 18.0 Å². The van der Waals surface area contributed by atoms with Gasteiger partial charge in [-0.3, -0.25) is 9.59 Å². The van der Waals surface area contributed by atoms with E-state index in [2.05, 4.69) is 0 Å². The molecular weight excluding hydrogens is 283 g/mol. The number of halogens is 3. The lowest BCUT2D eigenvalue weighted by atomic mass is 10.4. The minimum atomic E-state index is -4.62. The van der Waals surface area contributed by atoms with Gasteiger partial charge in [0.15, 0.2) is 0 Å². The van der Waals surface area contributed by atoms with Gasteiger partial charge in [0.1, 0.15) is 19.6 Å². The number of urea groups is 1. The molecule has 0 fully saturated rings. The number of amides is 3. The van der Waals surface area contributed by atoms with Crippen molar-refractivity contribution in [3.05, 3.63) is 0 Å². The molecule has 0 bridgehead atoms. The van der Waals surface area contributed by atoms with E-state index in [0.717, 1.165) is 0 Å². The summed E-state index contributed by atoms with van der Waals surface area (Å²) in [5.74, 6) is -2.47. The fraction of sp³-hybridized carbons (Fsp3) is 0.700. The second-order valence-corrected chi connectivity index (χ2v) is 4.04. The predicted octanol–water partition coefficient (Wildman–Crippen LogP) is 0.253. The molecule has 7 nitrogen and oxygen atoms in total. The van der Waals surface area contributed by atoms with Crippen molar-refractivity contribution in [2.24, 2.45) is 5.73 Å². The van der Waals surface area contributed by atoms with E-state index in [0.29, 0.717) is 9.80 Å². The van der Waals surface area contributed by atoms with Crippen LogP contribution in [0.5, 0.6) is 0 Å². The molecule has 3 amide bonds. The number of nitrogens with two attached hydrogens (primary N) is 1. The van der Waals surface area contributed by atoms with E-state index in [1.165, 1.54) is 0 Å². The van der Waals surface area contributed by atoms with Gasteiger partial charge in [0.05, 0.1) is 0 Å². The first-order chi connectivity index (χ1) is 9.06. The number of carbonyl (C=O) groups excluding carboxylic acids is 2. The van der Waals surface area contributed by atoms with Gasteiger partial charge in [-0.05, 0) is 6.42 Å². The number of primary amides is 1. The maximum Gasteiger partial charge on any atom is 0.406 e. The number of hydrogen-bond donors (Lipinski definition) is 2. The standard InChI is InChI=1S/C10H16F3N3O4/c1-2-3-15(6-10(11,12)13)9(20)16(4-7(14)17)5-8(18)19/h2-6H2,1H3,(H2,14,17)(H,18,19). The maximum atomic E-state index is 12.4. The van der Waals surface area contributed by atoms with Gasteiger partial charge in [-0.25, -0.2) is 4.79 Å². The molecule has 0 unspecified atom stereocenters. The quantitative estimate of drug-likeness (QED) is 0.703. The van der Waals surface area contributed by atoms with Crippen LogP contribution >= 0.6 is 0 Å². The van der Waals surface area contributed by atoms with Gasteiger partial charge >= 0.3 is 18.2 Å². The molecule has 0 aliphatic heterocycles. The van der Waals surface area contributed by atoms with Crippen LogP contribution in [0.1, 0.15) is 13.3 Å². The van der Waals surface area contributed by atoms with Crippen LogP contribution in [0.3, 0.4) is 0 Å². The molecule has 20 heavy (non-hydrogen) atoms. The van der Waals surface area contributed by atoms with Gasteiger partial charge < -0.3 is 20.6 Å². The van der Waals surface area contributed by atoms with Crippen molar-refractivity contribution in [3.8, 4) is 0 Å². The topological polar surface area (TPSA) is 104 Å². The Balaban J connectivity index is 5.02. The number of nitrogens with zero attached hydrogens (tertiary/aromatic N) is 2. The Morgan fingerprint density at radius 3 is 2.05 bits per heavy atom. The molecule has 0 aliphatic carbocycles. The van der Waals surface area contributed by atoms with E-state index in [-0.39, 0.29) is 13.0 Å². The van der Waals surface area contributed by atoms with Crippen molar-refractivity contribution >= 4 is 17.9 Å². The summed E-state index contributed by atoms with van der Waals surface area (Å²) in [4.78, 5) is 34.1. The number of hydrogen-bond acceptors (Lipinski definition) is 3. The van der Waals surface area contributed by atoms with Gasteiger partial charge in [-0.2, -0.15) is 13.2 Å². The summed E-state index contributed by atoms with van der Waals surface area (Å²) < 4.78 is 37.1. The SMILES string of the molecule is CCCN(CC(F)(F)F)C(=O)N(CC(N)=O)CC(=O)O. The molecule has 0 aromatic rings. The Morgan fingerprint density at radius 1 is 1.15 bits per heavy atom. The summed E-state index contributed by atoms with van der Waals surface area (Å²) in [5, 5.41) is 8.60. The molecule has 0 heterocycles. The summed E-state index contributed by atoms with van der Waals surface area (Å²) >= 11 is 0. The van der Waals surface area contributed by atoms with Gasteiger partial charge in [0, 0.05) is 6.54 Å². The van der Waals surface area contributed by atoms with Crippen molar-refractivity contribution in [3.63, 3.8) is 0 Å². The van der Waals surface area contributed by atoms with Crippen LogP contribution in [0, 0.1) is 0 Å². The average molecular weight is 299 g/mol. The fourth-order valence-corrected chi connectivity index (χ4v) is 1.47. The minimum absolute atomic E-state index is 0.215. The van der Waals surface area contributed by atoms with Gasteiger partial charge in [-0.1, -0.05) is 6.92 Å². The highest BCUT2D eigenvalue weighted by Gasteiger charge is 2.35. The Hall–Kier alpha value is -2.00. The van der Waals surface area contributed by atoms with Crippen LogP contribution < -0.4 is 5.73 Å². The third-order valence-corrected chi connectivity index (χ3v) is 2.08. The number of carboxylic acids is 1. The van der Waals surface area contributed by atoms with E-state index in [1.54, 1.807) is 6.92 Å². The molecule has 116 valence electrons. The first kappa shape index (κ1) is 18.0. The van der Waals surface area contributed by atoms with Crippen molar-refractivity contribution < 1.29 is 32.7 Å². The molecule has 0 radical (unpaired) electrons. The molecule has 0 saturated carbocycles. The highest BCUT2D eigenvalue weighted by Crippen LogP contribution is 2.17. The molecule has 0 aromatic heterocycles. The Morgan fingerprint density at radius 2 is 1.70 bits per heavy atom. The summed E-state index contributed by atoms with van der Waals surface area (Å²) in [6, 6.07) is -1.19. The van der Waals surface area contributed by atoms with E-state index in [9.17, 15) is 27.6 Å². The van der Waals surface area contributed by atoms with Crippen molar-refractivity contribution in [1.29, 1.82) is 0 Å². The molecule has 10 heteroatoms. The zero-order valence-corrected chi connectivity index (χ0v) is 10.8. The summed E-state index contributed by atoms with van der Waals surface area (Å²) in [5.41, 5.74) is 4.84. The monoisotopic (exact) mass is 299 g/mol. The fourth-order valence-electron chi connectivity index (χ4n) is 1.47. The zero-order chi connectivity index (χ0) is 15.9. The third-order valence-electron chi connectivity index (χ3n) is 2.08. The first-order valence-electron chi connectivity index (χ1n) is 5.67. The average Bonchev–Trinajstić information content (AvgIpc) is 2.23. The molecule has 0 aromatic carbocycles. The highest BCUT2D eigenvalue weighted by molar-refractivity contribution is 5.86. The molecule has 0 aliphatic rings. The minimum Gasteiger partial charge on any atom is -0.480 e. The largest absolute Gasteiger partial charge is 0.480 e. The van der Waals surface area contributed by atoms with Crippen LogP contribution in [-0.4, -0.2) is 65.2 Å². The Labute approximate surface area is 113 Å². The van der Waals surface area contributed by atoms with Gasteiger partial charge in [0.25, 0.3) is 0 Å². The van der Waals surface area contributed by atoms with Crippen LogP contribution in [0.15, 0.2) is 0 Å². The number of alkyl halides is 3. The van der Waals surface area contributed by atoms with E-state index in [4.69, 9.17) is 10.8 Å². The molecule has 0 spiro atoms. The van der Waals surface area contributed by atoms with Crippen LogP contribution in [0.25, 0.3) is 0 Å². The number of rotatable bonds is 7. The van der Waals surface area contributed by atoms with Crippen LogP contribution in [-0.2, 0) is 9.59 Å². The van der Waals surface area contributed by atoms with Crippen molar-refractivity contribution in [2.75, 3.05) is 26.2 Å². The number of carbonyl (C=O) groups is 3. The summed E-state index contributed by atoms with van der Waals surface area (Å²) in [6.07, 6.45) is -4.37. The van der Waals surface area contributed by atoms with Gasteiger partial charge in [-0.15, -0.1) is 0 Å². The maximum absolute atomic E-state index is 12.4. The van der Waals surface area contributed by atoms with E-state index >= 15 is 0 Å². The zero-order valence-electron chi connectivity index (χ0n) is 10.8. The van der Waals surface area contributed by atoms with Crippen molar-refractivity contribution in [2.45, 2.75) is 19.5 Å². The summed E-state index contributed by atoms with van der Waals surface area (Å²) in [6.45, 7) is -1.84. The second kappa shape index (κ2) is 7.56. The Bertz CT molecular complexity index is 357. The van der Waals surface area contributed by atoms with Crippen molar-refractivity contribution in [1.82, 2.24) is 9.80 Å². The van der Waals surface area contributed by atoms with Gasteiger partial charge in [0.2, 0.25) is 5.91 Å². The lowest BCUT2D eigenvalue weighted by molar-refractivity contribution is -0.142. The molecule has 0 saturated heterocycles. The Kier molecular flexibility index (Phi) is 6.80. The number of carboxylic acid groups (broad SMARTS) is 1. The highest BCUT2D eigenvalue weighted by atomic mass is 19.4. The molecule has 0 atom stereocenters. The third kappa shape index (κ3) is 7.44. The van der Waals surface area contributed by atoms with E-state index < -0.39 is 43.7 Å². The van der Waals surface area contributed by atoms with E-state index in [1.807, 2.05) is 0 Å². The molecule has 3 N–H and O–H groups in total. The van der Waals surface area contributed by atoms with Crippen LogP contribution in [0.2, 0.25) is 0 Å². The lowest BCUT2D eigenvalue weighted by Gasteiger charge is -2.29. The normalized spacial score (nSPS) is 11.0. The molecule has 0 rings (SSSR count). The first-order valence-corrected chi connectivity index (χ1v) is 5.67. The predicted molar refractivity (Wildman–Crippen MR) is 61.7 cm³/mol. The number of aliphatic carboxylic acids is 1. The smallest absolute Gasteiger partial charge is 0.406 e. The summed E-state index contributed by atoms with van der Waals surface area (Å²) in [7, 11) is 0. The molecular formula is C10H16F3N3O4. The lowest BCUT2D eigenvalue weighted by Crippen LogP contribution is -2.51.